The third-order valence-electron chi connectivity index (χ3n) is 0.977. The van der Waals surface area contributed by atoms with Crippen LogP contribution >= 0.6 is 11.8 Å². The van der Waals surface area contributed by atoms with Gasteiger partial charge < -0.3 is 9.47 Å². The summed E-state index contributed by atoms with van der Waals surface area (Å²) in [5.74, 6) is 0.0714. The highest BCUT2D eigenvalue weighted by atomic mass is 32.2. The molecular formula is C8H12O4S. The maximum absolute atomic E-state index is 10.8. The van der Waals surface area contributed by atoms with Gasteiger partial charge in [-0.05, 0) is 18.7 Å². The Labute approximate surface area is 81.3 Å². The predicted molar refractivity (Wildman–Crippen MR) is 50.4 cm³/mol. The number of hydrogen-bond donors (Lipinski definition) is 0. The van der Waals surface area contributed by atoms with Crippen LogP contribution in [0.1, 0.15) is 13.8 Å². The van der Waals surface area contributed by atoms with E-state index < -0.39 is 11.3 Å². The van der Waals surface area contributed by atoms with Crippen LogP contribution in [-0.4, -0.2) is 23.8 Å². The molecule has 0 aliphatic rings. The van der Waals surface area contributed by atoms with E-state index in [2.05, 4.69) is 16.1 Å². The van der Waals surface area contributed by atoms with Crippen LogP contribution in [0.2, 0.25) is 0 Å². The van der Waals surface area contributed by atoms with Crippen molar-refractivity contribution in [3.05, 3.63) is 12.2 Å². The van der Waals surface area contributed by atoms with Crippen molar-refractivity contribution in [1.29, 1.82) is 0 Å². The molecule has 0 saturated heterocycles. The maximum Gasteiger partial charge on any atom is 0.370 e. The SMILES string of the molecule is C=C(C)C(=O)OCOC(=O)SCC. The van der Waals surface area contributed by atoms with Crippen molar-refractivity contribution in [1.82, 2.24) is 0 Å². The first kappa shape index (κ1) is 12.0. The van der Waals surface area contributed by atoms with Crippen LogP contribution in [0.3, 0.4) is 0 Å². The Kier molecular flexibility index (Phi) is 6.05. The first-order valence-electron chi connectivity index (χ1n) is 3.70. The van der Waals surface area contributed by atoms with Gasteiger partial charge in [0.15, 0.2) is 0 Å². The Bertz CT molecular complexity index is 212. The molecule has 0 aliphatic carbocycles. The number of ether oxygens (including phenoxy) is 2. The van der Waals surface area contributed by atoms with Gasteiger partial charge in [0.25, 0.3) is 0 Å². The highest BCUT2D eigenvalue weighted by Gasteiger charge is 2.05. The summed E-state index contributed by atoms with van der Waals surface area (Å²) in [6.07, 6.45) is 0. The molecule has 0 heterocycles. The molecule has 0 aromatic heterocycles. The molecule has 0 bridgehead atoms. The molecule has 0 amide bonds. The number of thioether (sulfide) groups is 1. The molecule has 0 radical (unpaired) electrons. The topological polar surface area (TPSA) is 52.6 Å². The van der Waals surface area contributed by atoms with Gasteiger partial charge in [-0.1, -0.05) is 13.5 Å². The van der Waals surface area contributed by atoms with E-state index >= 15 is 0 Å². The van der Waals surface area contributed by atoms with Crippen molar-refractivity contribution in [3.8, 4) is 0 Å². The second kappa shape index (κ2) is 6.54. The van der Waals surface area contributed by atoms with E-state index in [4.69, 9.17) is 0 Å². The number of carbonyl (C=O) groups is 2. The average molecular weight is 204 g/mol. The van der Waals surface area contributed by atoms with Gasteiger partial charge in [0.2, 0.25) is 6.79 Å². The Morgan fingerprint density at radius 1 is 1.38 bits per heavy atom. The quantitative estimate of drug-likeness (QED) is 0.398. The van der Waals surface area contributed by atoms with Gasteiger partial charge in [-0.25, -0.2) is 9.59 Å². The average Bonchev–Trinajstić information content (AvgIpc) is 2.04. The summed E-state index contributed by atoms with van der Waals surface area (Å²) in [5.41, 5.74) is 0.277. The molecule has 5 heteroatoms. The van der Waals surface area contributed by atoms with Crippen LogP contribution in [0, 0.1) is 0 Å². The van der Waals surface area contributed by atoms with E-state index in [1.807, 2.05) is 6.92 Å². The van der Waals surface area contributed by atoms with E-state index in [-0.39, 0.29) is 12.4 Å². The van der Waals surface area contributed by atoms with E-state index in [9.17, 15) is 9.59 Å². The second-order valence-corrected chi connectivity index (χ2v) is 3.36. The van der Waals surface area contributed by atoms with Gasteiger partial charge in [0.05, 0.1) is 0 Å². The summed E-state index contributed by atoms with van der Waals surface area (Å²) in [5, 5.41) is -0.447. The maximum atomic E-state index is 10.8. The van der Waals surface area contributed by atoms with Gasteiger partial charge in [-0.2, -0.15) is 0 Å². The Balaban J connectivity index is 3.50. The van der Waals surface area contributed by atoms with Crippen molar-refractivity contribution < 1.29 is 19.1 Å². The van der Waals surface area contributed by atoms with E-state index in [0.717, 1.165) is 11.8 Å². The summed E-state index contributed by atoms with van der Waals surface area (Å²) in [4.78, 5) is 21.5. The summed E-state index contributed by atoms with van der Waals surface area (Å²) >= 11 is 1.02. The fourth-order valence-corrected chi connectivity index (χ4v) is 0.781. The molecular weight excluding hydrogens is 192 g/mol. The van der Waals surface area contributed by atoms with Crippen molar-refractivity contribution in [2.45, 2.75) is 13.8 Å². The highest BCUT2D eigenvalue weighted by Crippen LogP contribution is 2.03. The van der Waals surface area contributed by atoms with Crippen LogP contribution in [0.15, 0.2) is 12.2 Å². The summed E-state index contributed by atoms with van der Waals surface area (Å²) < 4.78 is 9.07. The second-order valence-electron chi connectivity index (χ2n) is 2.16. The zero-order valence-electron chi connectivity index (χ0n) is 7.66. The van der Waals surface area contributed by atoms with Crippen molar-refractivity contribution in [2.75, 3.05) is 12.5 Å². The molecule has 13 heavy (non-hydrogen) atoms. The zero-order valence-corrected chi connectivity index (χ0v) is 8.48. The third-order valence-corrected chi connectivity index (χ3v) is 1.62. The molecule has 0 aliphatic heterocycles. The van der Waals surface area contributed by atoms with Crippen molar-refractivity contribution in [3.63, 3.8) is 0 Å². The van der Waals surface area contributed by atoms with Crippen LogP contribution < -0.4 is 0 Å². The lowest BCUT2D eigenvalue weighted by Crippen LogP contribution is -2.10. The first-order valence-corrected chi connectivity index (χ1v) is 4.68. The van der Waals surface area contributed by atoms with Crippen LogP contribution in [-0.2, 0) is 14.3 Å². The molecule has 0 aromatic carbocycles. The number of rotatable bonds is 4. The molecule has 0 fully saturated rings. The molecule has 4 nitrogen and oxygen atoms in total. The minimum Gasteiger partial charge on any atom is -0.424 e. The molecule has 0 atom stereocenters. The Hall–Kier alpha value is -0.970. The molecule has 0 spiro atoms. The Morgan fingerprint density at radius 3 is 2.46 bits per heavy atom. The highest BCUT2D eigenvalue weighted by molar-refractivity contribution is 8.13. The standard InChI is InChI=1S/C8H12O4S/c1-4-13-8(10)12-5-11-7(9)6(2)3/h2,4-5H2,1,3H3. The zero-order chi connectivity index (χ0) is 10.3. The fraction of sp³-hybridized carbons (Fsp3) is 0.500. The normalized spacial score (nSPS) is 9.08. The molecule has 0 saturated carbocycles. The monoisotopic (exact) mass is 204 g/mol. The largest absolute Gasteiger partial charge is 0.424 e. The van der Waals surface area contributed by atoms with E-state index in [1.165, 1.54) is 6.92 Å². The third kappa shape index (κ3) is 6.21. The van der Waals surface area contributed by atoms with E-state index in [0.29, 0.717) is 5.75 Å². The summed E-state index contributed by atoms with van der Waals surface area (Å²) in [6.45, 7) is 6.36. The van der Waals surface area contributed by atoms with Crippen LogP contribution in [0.25, 0.3) is 0 Å². The summed E-state index contributed by atoms with van der Waals surface area (Å²) in [7, 11) is 0. The molecule has 0 unspecified atom stereocenters. The van der Waals surface area contributed by atoms with Crippen molar-refractivity contribution in [2.24, 2.45) is 0 Å². The first-order chi connectivity index (χ1) is 6.07. The Morgan fingerprint density at radius 2 is 2.00 bits per heavy atom. The summed E-state index contributed by atoms with van der Waals surface area (Å²) in [6, 6.07) is 0. The number of esters is 1. The van der Waals surface area contributed by atoms with Gasteiger partial charge in [-0.15, -0.1) is 0 Å². The van der Waals surface area contributed by atoms with Gasteiger partial charge in [0, 0.05) is 11.3 Å². The van der Waals surface area contributed by atoms with Gasteiger partial charge >= 0.3 is 11.3 Å². The molecule has 74 valence electrons. The van der Waals surface area contributed by atoms with Gasteiger partial charge in [0.1, 0.15) is 0 Å². The minimum atomic E-state index is -0.561. The predicted octanol–water partition coefficient (Wildman–Crippen LogP) is 1.95. The lowest BCUT2D eigenvalue weighted by Gasteiger charge is -2.04. The lowest BCUT2D eigenvalue weighted by atomic mass is 10.4. The van der Waals surface area contributed by atoms with Crippen LogP contribution in [0.4, 0.5) is 4.79 Å². The molecule has 0 rings (SSSR count). The minimum absolute atomic E-state index is 0.277. The molecule has 0 N–H and O–H groups in total. The number of carbonyl (C=O) groups excluding carboxylic acids is 2. The van der Waals surface area contributed by atoms with Gasteiger partial charge in [-0.3, -0.25) is 0 Å². The number of hydrogen-bond acceptors (Lipinski definition) is 5. The van der Waals surface area contributed by atoms with E-state index in [1.54, 1.807) is 0 Å². The molecule has 0 aromatic rings. The van der Waals surface area contributed by atoms with Crippen molar-refractivity contribution >= 4 is 23.0 Å². The smallest absolute Gasteiger partial charge is 0.370 e. The lowest BCUT2D eigenvalue weighted by molar-refractivity contribution is -0.146. The van der Waals surface area contributed by atoms with Crippen LogP contribution in [0.5, 0.6) is 0 Å². The fourth-order valence-electron chi connectivity index (χ4n) is 0.414.